The van der Waals surface area contributed by atoms with E-state index in [1.54, 1.807) is 0 Å². The van der Waals surface area contributed by atoms with Crippen LogP contribution in [-0.2, 0) is 4.74 Å². The normalized spacial score (nSPS) is 36.7. The summed E-state index contributed by atoms with van der Waals surface area (Å²) in [6.45, 7) is 10.1. The third-order valence-corrected chi connectivity index (χ3v) is 6.90. The molecule has 3 heterocycles. The zero-order valence-corrected chi connectivity index (χ0v) is 16.0. The summed E-state index contributed by atoms with van der Waals surface area (Å²) in [6.07, 6.45) is 7.19. The standard InChI is InChI=1S/C20H35N3O2/c1-15(2)12-23-19(24)22(13-16-5-8-25-9-6-16)14-20(23)10-17-4-3-7-21-18(17)11-20/h15-18,21H,3-14H2,1-2H3. The van der Waals surface area contributed by atoms with Gasteiger partial charge >= 0.3 is 6.03 Å². The summed E-state index contributed by atoms with van der Waals surface area (Å²) in [5, 5.41) is 3.74. The van der Waals surface area contributed by atoms with E-state index in [0.717, 1.165) is 64.6 Å². The lowest BCUT2D eigenvalue weighted by Crippen LogP contribution is -2.48. The molecule has 0 aromatic heterocycles. The van der Waals surface area contributed by atoms with Crippen molar-refractivity contribution in [3.63, 3.8) is 0 Å². The van der Waals surface area contributed by atoms with Gasteiger partial charge in [0.15, 0.2) is 0 Å². The maximum Gasteiger partial charge on any atom is 0.320 e. The molecule has 25 heavy (non-hydrogen) atoms. The van der Waals surface area contributed by atoms with Crippen LogP contribution in [0.2, 0.25) is 0 Å². The third-order valence-electron chi connectivity index (χ3n) is 6.90. The predicted octanol–water partition coefficient (Wildman–Crippen LogP) is 2.71. The lowest BCUT2D eigenvalue weighted by atomic mass is 9.91. The first-order chi connectivity index (χ1) is 12.1. The van der Waals surface area contributed by atoms with E-state index in [1.165, 1.54) is 19.3 Å². The molecule has 1 N–H and O–H groups in total. The van der Waals surface area contributed by atoms with Crippen LogP contribution in [0.3, 0.4) is 0 Å². The second-order valence-electron chi connectivity index (χ2n) is 9.32. The number of carbonyl (C=O) groups excluding carboxylic acids is 1. The summed E-state index contributed by atoms with van der Waals surface area (Å²) >= 11 is 0. The number of urea groups is 1. The number of amides is 2. The number of piperidine rings is 1. The quantitative estimate of drug-likeness (QED) is 0.849. The second-order valence-corrected chi connectivity index (χ2v) is 9.32. The van der Waals surface area contributed by atoms with Gasteiger partial charge in [0, 0.05) is 38.9 Å². The van der Waals surface area contributed by atoms with Gasteiger partial charge in [0.2, 0.25) is 0 Å². The summed E-state index contributed by atoms with van der Waals surface area (Å²) in [7, 11) is 0. The lowest BCUT2D eigenvalue weighted by molar-refractivity contribution is 0.0576. The van der Waals surface area contributed by atoms with Crippen LogP contribution in [0.25, 0.3) is 0 Å². The van der Waals surface area contributed by atoms with Gasteiger partial charge < -0.3 is 19.9 Å². The van der Waals surface area contributed by atoms with Crippen molar-refractivity contribution >= 4 is 6.03 Å². The second kappa shape index (κ2) is 7.07. The van der Waals surface area contributed by atoms with Gasteiger partial charge in [0.05, 0.1) is 5.54 Å². The fourth-order valence-electron chi connectivity index (χ4n) is 5.73. The van der Waals surface area contributed by atoms with Gasteiger partial charge in [-0.1, -0.05) is 13.8 Å². The molecule has 0 aromatic carbocycles. The lowest BCUT2D eigenvalue weighted by Gasteiger charge is -2.35. The molecule has 0 aromatic rings. The number of hydrogen-bond donors (Lipinski definition) is 1. The molecule has 4 aliphatic rings. The van der Waals surface area contributed by atoms with Crippen LogP contribution in [-0.4, -0.2) is 66.8 Å². The van der Waals surface area contributed by atoms with E-state index >= 15 is 0 Å². The molecule has 4 fully saturated rings. The molecule has 3 aliphatic heterocycles. The zero-order valence-electron chi connectivity index (χ0n) is 16.0. The van der Waals surface area contributed by atoms with Gasteiger partial charge in [-0.2, -0.15) is 0 Å². The maximum absolute atomic E-state index is 13.3. The molecule has 1 aliphatic carbocycles. The number of hydrogen-bond acceptors (Lipinski definition) is 3. The third kappa shape index (κ3) is 3.42. The Labute approximate surface area is 152 Å². The fourth-order valence-corrected chi connectivity index (χ4v) is 5.73. The average molecular weight is 350 g/mol. The number of nitrogens with one attached hydrogen (secondary N) is 1. The van der Waals surface area contributed by atoms with Crippen molar-refractivity contribution in [3.05, 3.63) is 0 Å². The summed E-state index contributed by atoms with van der Waals surface area (Å²) in [5.74, 6) is 1.91. The summed E-state index contributed by atoms with van der Waals surface area (Å²) in [4.78, 5) is 17.7. The van der Waals surface area contributed by atoms with Gasteiger partial charge in [-0.15, -0.1) is 0 Å². The Morgan fingerprint density at radius 1 is 1.24 bits per heavy atom. The Morgan fingerprint density at radius 3 is 2.76 bits per heavy atom. The Kier molecular flexibility index (Phi) is 4.98. The number of fused-ring (bicyclic) bond motifs is 1. The first-order valence-corrected chi connectivity index (χ1v) is 10.4. The zero-order chi connectivity index (χ0) is 17.4. The van der Waals surface area contributed by atoms with Crippen molar-refractivity contribution in [2.45, 2.75) is 64.0 Å². The predicted molar refractivity (Wildman–Crippen MR) is 98.5 cm³/mol. The van der Waals surface area contributed by atoms with Crippen molar-refractivity contribution in [3.8, 4) is 0 Å². The van der Waals surface area contributed by atoms with Crippen molar-refractivity contribution in [2.75, 3.05) is 39.4 Å². The molecule has 1 saturated carbocycles. The molecule has 0 radical (unpaired) electrons. The minimum atomic E-state index is 0.0825. The molecule has 3 unspecified atom stereocenters. The highest BCUT2D eigenvalue weighted by atomic mass is 16.5. The van der Waals surface area contributed by atoms with Gasteiger partial charge in [-0.05, 0) is 62.8 Å². The number of carbonyl (C=O) groups is 1. The molecule has 5 heteroatoms. The molecule has 5 nitrogen and oxygen atoms in total. The van der Waals surface area contributed by atoms with E-state index in [1.807, 2.05) is 0 Å². The molecule has 3 atom stereocenters. The first kappa shape index (κ1) is 17.6. The molecular formula is C20H35N3O2. The Bertz CT molecular complexity index is 475. The van der Waals surface area contributed by atoms with Crippen LogP contribution in [0.1, 0.15) is 52.4 Å². The van der Waals surface area contributed by atoms with Crippen molar-refractivity contribution in [2.24, 2.45) is 17.8 Å². The fraction of sp³-hybridized carbons (Fsp3) is 0.950. The highest BCUT2D eigenvalue weighted by molar-refractivity contribution is 5.78. The van der Waals surface area contributed by atoms with E-state index in [2.05, 4.69) is 29.0 Å². The molecule has 3 saturated heterocycles. The monoisotopic (exact) mass is 349 g/mol. The van der Waals surface area contributed by atoms with E-state index < -0.39 is 0 Å². The average Bonchev–Trinajstić information content (AvgIpc) is 3.08. The van der Waals surface area contributed by atoms with Crippen LogP contribution in [0.5, 0.6) is 0 Å². The molecule has 4 rings (SSSR count). The van der Waals surface area contributed by atoms with Gasteiger partial charge in [0.25, 0.3) is 0 Å². The summed E-state index contributed by atoms with van der Waals surface area (Å²) < 4.78 is 5.50. The van der Waals surface area contributed by atoms with Crippen LogP contribution in [0, 0.1) is 17.8 Å². The first-order valence-electron chi connectivity index (χ1n) is 10.4. The smallest absolute Gasteiger partial charge is 0.320 e. The van der Waals surface area contributed by atoms with E-state index in [-0.39, 0.29) is 5.54 Å². The molecule has 0 bridgehead atoms. The van der Waals surface area contributed by atoms with Crippen LogP contribution < -0.4 is 5.32 Å². The van der Waals surface area contributed by atoms with Crippen LogP contribution in [0.15, 0.2) is 0 Å². The topological polar surface area (TPSA) is 44.8 Å². The highest BCUT2D eigenvalue weighted by Gasteiger charge is 2.56. The van der Waals surface area contributed by atoms with Crippen LogP contribution >= 0.6 is 0 Å². The number of rotatable bonds is 4. The molecule has 1 spiro atoms. The highest BCUT2D eigenvalue weighted by Crippen LogP contribution is 2.46. The minimum absolute atomic E-state index is 0.0825. The van der Waals surface area contributed by atoms with Crippen molar-refractivity contribution in [1.29, 1.82) is 0 Å². The number of ether oxygens (including phenoxy) is 1. The summed E-state index contributed by atoms with van der Waals surface area (Å²) in [5.41, 5.74) is 0.0825. The van der Waals surface area contributed by atoms with E-state index in [0.29, 0.717) is 23.9 Å². The Hall–Kier alpha value is -0.810. The Morgan fingerprint density at radius 2 is 2.04 bits per heavy atom. The number of nitrogens with zero attached hydrogens (tertiary/aromatic N) is 2. The van der Waals surface area contributed by atoms with Gasteiger partial charge in [-0.3, -0.25) is 0 Å². The molecule has 142 valence electrons. The van der Waals surface area contributed by atoms with Gasteiger partial charge in [-0.25, -0.2) is 4.79 Å². The molecular weight excluding hydrogens is 314 g/mol. The largest absolute Gasteiger partial charge is 0.381 e. The minimum Gasteiger partial charge on any atom is -0.381 e. The van der Waals surface area contributed by atoms with Gasteiger partial charge in [0.1, 0.15) is 0 Å². The van der Waals surface area contributed by atoms with E-state index in [9.17, 15) is 4.79 Å². The van der Waals surface area contributed by atoms with E-state index in [4.69, 9.17) is 4.74 Å². The van der Waals surface area contributed by atoms with Crippen molar-refractivity contribution in [1.82, 2.24) is 15.1 Å². The summed E-state index contributed by atoms with van der Waals surface area (Å²) in [6, 6.07) is 0.929. The maximum atomic E-state index is 13.3. The molecule has 2 amide bonds. The SMILES string of the molecule is CC(C)CN1C(=O)N(CC2CCOCC2)CC12CC1CCCNC1C2. The Balaban J connectivity index is 1.51. The van der Waals surface area contributed by atoms with Crippen molar-refractivity contribution < 1.29 is 9.53 Å². The van der Waals surface area contributed by atoms with Crippen LogP contribution in [0.4, 0.5) is 4.79 Å².